The Labute approximate surface area is 220 Å². The summed E-state index contributed by atoms with van der Waals surface area (Å²) in [6.07, 6.45) is 4.38. The van der Waals surface area contributed by atoms with Crippen molar-refractivity contribution in [3.8, 4) is 5.75 Å². The maximum Gasteiger partial charge on any atom is 0.320 e. The van der Waals surface area contributed by atoms with Gasteiger partial charge in [0.05, 0.1) is 17.3 Å². The number of halogens is 1. The number of likely N-dealkylation sites (tertiary alicyclic amines) is 1. The second-order valence-corrected chi connectivity index (χ2v) is 10.9. The number of rotatable bonds is 10. The van der Waals surface area contributed by atoms with Gasteiger partial charge in [-0.3, -0.25) is 19.3 Å². The second-order valence-electron chi connectivity index (χ2n) is 8.56. The van der Waals surface area contributed by atoms with Crippen molar-refractivity contribution in [2.24, 2.45) is 5.73 Å². The normalized spacial score (nSPS) is 14.5. The summed E-state index contributed by atoms with van der Waals surface area (Å²) >= 11 is 6.43. The second kappa shape index (κ2) is 12.1. The average Bonchev–Trinajstić information content (AvgIpc) is 2.83. The van der Waals surface area contributed by atoms with Gasteiger partial charge in [0.1, 0.15) is 17.7 Å². The predicted molar refractivity (Wildman–Crippen MR) is 143 cm³/mol. The van der Waals surface area contributed by atoms with Crippen LogP contribution in [0.4, 0.5) is 5.69 Å². The molecule has 10 nitrogen and oxygen atoms in total. The number of anilines is 1. The zero-order chi connectivity index (χ0) is 27.2. The van der Waals surface area contributed by atoms with Gasteiger partial charge in [-0.15, -0.1) is 0 Å². The summed E-state index contributed by atoms with van der Waals surface area (Å²) in [7, 11) is -4.23. The largest absolute Gasteiger partial charge is 0.489 e. The van der Waals surface area contributed by atoms with Crippen LogP contribution < -0.4 is 14.8 Å². The number of amidine groups is 1. The predicted octanol–water partition coefficient (Wildman–Crippen LogP) is 2.95. The molecule has 0 bridgehead atoms. The standard InChI is InChI=1S/C25H29ClN4O6S/c1-17(31)29-12-9-21(10-13-29)36-23-8-7-20(15-22(23)26)30(37(34,35)16-24(32)33)11-3-5-18-4-2-6-19(14-18)25(27)28/h2-8,14-15,21H,9-13,16H2,1H3,(H3,27,28)(H,32,33). The van der Waals surface area contributed by atoms with Crippen LogP contribution in [0.3, 0.4) is 0 Å². The first-order valence-electron chi connectivity index (χ1n) is 11.5. The Morgan fingerprint density at radius 2 is 1.95 bits per heavy atom. The maximum absolute atomic E-state index is 12.9. The number of hydrogen-bond donors (Lipinski definition) is 3. The van der Waals surface area contributed by atoms with Gasteiger partial charge in [-0.2, -0.15) is 0 Å². The van der Waals surface area contributed by atoms with Crippen LogP contribution in [0.15, 0.2) is 48.5 Å². The average molecular weight is 549 g/mol. The van der Waals surface area contributed by atoms with E-state index in [1.54, 1.807) is 47.4 Å². The number of hydrogen-bond acceptors (Lipinski definition) is 6. The number of nitrogens with one attached hydrogen (secondary N) is 1. The highest BCUT2D eigenvalue weighted by Gasteiger charge is 2.27. The highest BCUT2D eigenvalue weighted by Crippen LogP contribution is 2.32. The molecular formula is C25H29ClN4O6S. The highest BCUT2D eigenvalue weighted by molar-refractivity contribution is 7.93. The topological polar surface area (TPSA) is 154 Å². The number of nitrogens with two attached hydrogens (primary N) is 1. The van der Waals surface area contributed by atoms with Crippen molar-refractivity contribution in [2.75, 3.05) is 29.7 Å². The number of ether oxygens (including phenoxy) is 1. The molecule has 1 amide bonds. The van der Waals surface area contributed by atoms with Crippen LogP contribution in [0.1, 0.15) is 30.9 Å². The molecule has 4 N–H and O–H groups in total. The van der Waals surface area contributed by atoms with Crippen LogP contribution in [-0.4, -0.2) is 67.6 Å². The minimum absolute atomic E-state index is 0.0177. The first-order valence-corrected chi connectivity index (χ1v) is 13.5. The Morgan fingerprint density at radius 3 is 2.54 bits per heavy atom. The number of benzene rings is 2. The molecule has 0 aliphatic carbocycles. The number of carboxylic acid groups (broad SMARTS) is 1. The Bertz CT molecular complexity index is 1310. The summed E-state index contributed by atoms with van der Waals surface area (Å²) < 4.78 is 32.7. The Kier molecular flexibility index (Phi) is 9.17. The van der Waals surface area contributed by atoms with Crippen molar-refractivity contribution in [1.82, 2.24) is 4.90 Å². The van der Waals surface area contributed by atoms with Crippen molar-refractivity contribution in [2.45, 2.75) is 25.9 Å². The van der Waals surface area contributed by atoms with Crippen LogP contribution in [0.25, 0.3) is 6.08 Å². The zero-order valence-corrected chi connectivity index (χ0v) is 21.8. The summed E-state index contributed by atoms with van der Waals surface area (Å²) in [6, 6.07) is 11.3. The smallest absolute Gasteiger partial charge is 0.320 e. The number of aliphatic carboxylic acids is 1. The first kappa shape index (κ1) is 28.0. The van der Waals surface area contributed by atoms with Crippen molar-refractivity contribution >= 4 is 51.1 Å². The van der Waals surface area contributed by atoms with E-state index in [2.05, 4.69) is 0 Å². The van der Waals surface area contributed by atoms with Gasteiger partial charge in [0.15, 0.2) is 5.75 Å². The van der Waals surface area contributed by atoms with E-state index in [-0.39, 0.29) is 35.1 Å². The number of nitrogen functional groups attached to an aromatic ring is 1. The zero-order valence-electron chi connectivity index (χ0n) is 20.3. The molecule has 2 aromatic carbocycles. The molecule has 0 radical (unpaired) electrons. The van der Waals surface area contributed by atoms with E-state index >= 15 is 0 Å². The number of carbonyl (C=O) groups is 2. The monoisotopic (exact) mass is 548 g/mol. The number of nitrogens with zero attached hydrogens (tertiary/aromatic N) is 2. The van der Waals surface area contributed by atoms with Crippen LogP contribution in [0.5, 0.6) is 5.75 Å². The molecule has 1 saturated heterocycles. The quantitative estimate of drug-likeness (QED) is 0.304. The summed E-state index contributed by atoms with van der Waals surface area (Å²) in [5.74, 6) is -2.28. The van der Waals surface area contributed by atoms with Crippen molar-refractivity contribution in [1.29, 1.82) is 5.41 Å². The number of piperidine rings is 1. The highest BCUT2D eigenvalue weighted by atomic mass is 35.5. The van der Waals surface area contributed by atoms with Gasteiger partial charge in [-0.25, -0.2) is 8.42 Å². The van der Waals surface area contributed by atoms with Crippen molar-refractivity contribution in [3.63, 3.8) is 0 Å². The van der Waals surface area contributed by atoms with E-state index in [1.165, 1.54) is 19.1 Å². The molecule has 12 heteroatoms. The van der Waals surface area contributed by atoms with E-state index in [0.29, 0.717) is 42.8 Å². The molecular weight excluding hydrogens is 520 g/mol. The summed E-state index contributed by atoms with van der Waals surface area (Å²) in [6.45, 7) is 2.54. The van der Waals surface area contributed by atoms with Gasteiger partial charge in [0.2, 0.25) is 15.9 Å². The fourth-order valence-corrected chi connectivity index (χ4v) is 5.35. The third kappa shape index (κ3) is 7.70. The van der Waals surface area contributed by atoms with Gasteiger partial charge in [0, 0.05) is 38.4 Å². The van der Waals surface area contributed by atoms with E-state index in [1.807, 2.05) is 0 Å². The van der Waals surface area contributed by atoms with Gasteiger partial charge < -0.3 is 20.5 Å². The van der Waals surface area contributed by atoms with E-state index < -0.39 is 21.7 Å². The number of carbonyl (C=O) groups excluding carboxylic acids is 1. The van der Waals surface area contributed by atoms with E-state index in [9.17, 15) is 18.0 Å². The molecule has 0 atom stereocenters. The first-order chi connectivity index (χ1) is 17.5. The third-order valence-electron chi connectivity index (χ3n) is 5.81. The molecule has 2 aromatic rings. The Morgan fingerprint density at radius 1 is 1.24 bits per heavy atom. The minimum atomic E-state index is -4.23. The number of amides is 1. The van der Waals surface area contributed by atoms with Crippen LogP contribution in [-0.2, 0) is 19.6 Å². The summed E-state index contributed by atoms with van der Waals surface area (Å²) in [5.41, 5.74) is 6.92. The van der Waals surface area contributed by atoms with Gasteiger partial charge in [-0.1, -0.05) is 42.0 Å². The molecule has 3 rings (SSSR count). The SMILES string of the molecule is CC(=O)N1CCC(Oc2ccc(N(CC=Cc3cccc(C(=N)N)c3)S(=O)(=O)CC(=O)O)cc2Cl)CC1. The Hall–Kier alpha value is -3.57. The van der Waals surface area contributed by atoms with Crippen molar-refractivity contribution < 1.29 is 27.9 Å². The third-order valence-corrected chi connectivity index (χ3v) is 7.74. The van der Waals surface area contributed by atoms with Crippen LogP contribution in [0.2, 0.25) is 5.02 Å². The van der Waals surface area contributed by atoms with E-state index in [4.69, 9.17) is 32.6 Å². The molecule has 0 aromatic heterocycles. The molecule has 0 spiro atoms. The molecule has 1 aliphatic rings. The lowest BCUT2D eigenvalue weighted by atomic mass is 10.1. The summed E-state index contributed by atoms with van der Waals surface area (Å²) in [4.78, 5) is 24.5. The molecule has 37 heavy (non-hydrogen) atoms. The van der Waals surface area contributed by atoms with Crippen LogP contribution in [0, 0.1) is 5.41 Å². The number of sulfonamides is 1. The fraction of sp³-hybridized carbons (Fsp3) is 0.320. The molecule has 1 aliphatic heterocycles. The summed E-state index contributed by atoms with van der Waals surface area (Å²) in [5, 5.41) is 16.9. The number of carboxylic acids is 1. The maximum atomic E-state index is 12.9. The molecule has 0 saturated carbocycles. The van der Waals surface area contributed by atoms with Crippen molar-refractivity contribution in [3.05, 3.63) is 64.7 Å². The van der Waals surface area contributed by atoms with Gasteiger partial charge in [0.25, 0.3) is 0 Å². The lowest BCUT2D eigenvalue weighted by molar-refractivity contribution is -0.134. The van der Waals surface area contributed by atoms with Crippen LogP contribution >= 0.6 is 11.6 Å². The van der Waals surface area contributed by atoms with Gasteiger partial charge >= 0.3 is 5.97 Å². The minimum Gasteiger partial charge on any atom is -0.489 e. The molecule has 0 unspecified atom stereocenters. The Balaban J connectivity index is 1.80. The van der Waals surface area contributed by atoms with Gasteiger partial charge in [-0.05, 0) is 29.8 Å². The molecule has 1 heterocycles. The fourth-order valence-electron chi connectivity index (χ4n) is 3.92. The molecule has 1 fully saturated rings. The van der Waals surface area contributed by atoms with E-state index in [0.717, 1.165) is 4.31 Å². The lowest BCUT2D eigenvalue weighted by Crippen LogP contribution is -2.40. The molecule has 198 valence electrons. The lowest BCUT2D eigenvalue weighted by Gasteiger charge is -2.31.